The van der Waals surface area contributed by atoms with Crippen LogP contribution in [-0.2, 0) is 0 Å². The molecule has 0 amide bonds. The van der Waals surface area contributed by atoms with Crippen molar-refractivity contribution in [2.75, 3.05) is 0 Å². The third-order valence-corrected chi connectivity index (χ3v) is 7.19. The van der Waals surface area contributed by atoms with E-state index >= 15 is 0 Å². The summed E-state index contributed by atoms with van der Waals surface area (Å²) in [6.45, 7) is 29.3. The molecule has 2 atom stereocenters. The van der Waals surface area contributed by atoms with Crippen molar-refractivity contribution in [2.24, 2.45) is 33.5 Å². The molecule has 2 unspecified atom stereocenters. The fourth-order valence-corrected chi connectivity index (χ4v) is 4.04. The van der Waals surface area contributed by atoms with Gasteiger partial charge in [-0.05, 0) is 39.9 Å². The molecule has 0 saturated carbocycles. The highest BCUT2D eigenvalue weighted by Gasteiger charge is 2.50. The van der Waals surface area contributed by atoms with E-state index in [1.54, 1.807) is 0 Å². The van der Waals surface area contributed by atoms with Gasteiger partial charge in [-0.25, -0.2) is 0 Å². The zero-order valence-electron chi connectivity index (χ0n) is 16.6. The highest BCUT2D eigenvalue weighted by Crippen LogP contribution is 2.57. The zero-order valence-corrected chi connectivity index (χ0v) is 16.6. The van der Waals surface area contributed by atoms with Crippen LogP contribution in [0.2, 0.25) is 0 Å². The Morgan fingerprint density at radius 1 is 0.650 bits per heavy atom. The molecule has 0 aromatic carbocycles. The number of hydrogen-bond acceptors (Lipinski definition) is 0. The van der Waals surface area contributed by atoms with Gasteiger partial charge in [0.15, 0.2) is 0 Å². The molecule has 0 radical (unpaired) electrons. The predicted octanol–water partition coefficient (Wildman–Crippen LogP) is 7.18. The molecule has 0 aromatic rings. The Hall–Kier alpha value is 0. The van der Waals surface area contributed by atoms with Crippen LogP contribution < -0.4 is 0 Å². The molecule has 0 nitrogen and oxygen atoms in total. The minimum atomic E-state index is 0.315. The average molecular weight is 283 g/mol. The molecule has 0 heteroatoms. The molecule has 0 aliphatic heterocycles. The van der Waals surface area contributed by atoms with Crippen molar-refractivity contribution in [3.8, 4) is 0 Å². The van der Waals surface area contributed by atoms with E-state index < -0.39 is 0 Å². The normalized spacial score (nSPS) is 18.0. The second kappa shape index (κ2) is 6.01. The minimum Gasteiger partial charge on any atom is -0.0654 e. The summed E-state index contributed by atoms with van der Waals surface area (Å²) in [6.07, 6.45) is 2.60. The standard InChI is InChI=1S/C20H42/c1-13-14-18(7,8)16(3)20(11,12)19(9,10)15(2)17(4,5)6/h15-16H,13-14H2,1-12H3. The van der Waals surface area contributed by atoms with E-state index in [2.05, 4.69) is 83.1 Å². The monoisotopic (exact) mass is 282 g/mol. The van der Waals surface area contributed by atoms with E-state index in [0.717, 1.165) is 0 Å². The van der Waals surface area contributed by atoms with Crippen LogP contribution >= 0.6 is 0 Å². The third-order valence-electron chi connectivity index (χ3n) is 7.19. The molecule has 0 rings (SSSR count). The van der Waals surface area contributed by atoms with E-state index in [1.165, 1.54) is 12.8 Å². The summed E-state index contributed by atoms with van der Waals surface area (Å²) in [4.78, 5) is 0. The van der Waals surface area contributed by atoms with Gasteiger partial charge in [0.25, 0.3) is 0 Å². The summed E-state index contributed by atoms with van der Waals surface area (Å²) in [6, 6.07) is 0. The van der Waals surface area contributed by atoms with E-state index in [-0.39, 0.29) is 0 Å². The fourth-order valence-electron chi connectivity index (χ4n) is 4.04. The Morgan fingerprint density at radius 3 is 1.30 bits per heavy atom. The van der Waals surface area contributed by atoms with Crippen LogP contribution in [0, 0.1) is 33.5 Å². The zero-order chi connectivity index (χ0) is 16.6. The summed E-state index contributed by atoms with van der Waals surface area (Å²) >= 11 is 0. The van der Waals surface area contributed by atoms with Gasteiger partial charge in [0.1, 0.15) is 0 Å². The first-order chi connectivity index (χ1) is 8.62. The number of hydrogen-bond donors (Lipinski definition) is 0. The van der Waals surface area contributed by atoms with Crippen LogP contribution in [0.15, 0.2) is 0 Å². The largest absolute Gasteiger partial charge is 0.0654 e. The highest BCUT2D eigenvalue weighted by atomic mass is 14.5. The Bertz CT molecular complexity index is 298. The molecule has 0 aromatic heterocycles. The van der Waals surface area contributed by atoms with Gasteiger partial charge in [-0.2, -0.15) is 0 Å². The van der Waals surface area contributed by atoms with Gasteiger partial charge in [0.05, 0.1) is 0 Å². The summed E-state index contributed by atoms with van der Waals surface area (Å²) in [5.74, 6) is 1.39. The lowest BCUT2D eigenvalue weighted by Gasteiger charge is -2.56. The first-order valence-corrected chi connectivity index (χ1v) is 8.62. The Kier molecular flexibility index (Phi) is 6.01. The van der Waals surface area contributed by atoms with Crippen molar-refractivity contribution < 1.29 is 0 Å². The minimum absolute atomic E-state index is 0.315. The van der Waals surface area contributed by atoms with Crippen molar-refractivity contribution in [3.05, 3.63) is 0 Å². The molecular weight excluding hydrogens is 240 g/mol. The number of rotatable bonds is 6. The summed E-state index contributed by atoms with van der Waals surface area (Å²) in [5.41, 5.74) is 1.40. The van der Waals surface area contributed by atoms with Crippen LogP contribution in [0.3, 0.4) is 0 Å². The molecule has 0 fully saturated rings. The summed E-state index contributed by atoms with van der Waals surface area (Å²) < 4.78 is 0. The van der Waals surface area contributed by atoms with Crippen LogP contribution in [0.4, 0.5) is 0 Å². The fraction of sp³-hybridized carbons (Fsp3) is 1.00. The van der Waals surface area contributed by atoms with Crippen molar-refractivity contribution in [2.45, 2.75) is 95.9 Å². The lowest BCUT2D eigenvalue weighted by Crippen LogP contribution is -2.49. The molecule has 0 aliphatic rings. The van der Waals surface area contributed by atoms with Crippen molar-refractivity contribution in [3.63, 3.8) is 0 Å². The molecule has 0 bridgehead atoms. The van der Waals surface area contributed by atoms with E-state index in [4.69, 9.17) is 0 Å². The van der Waals surface area contributed by atoms with Gasteiger partial charge < -0.3 is 0 Å². The van der Waals surface area contributed by atoms with Crippen LogP contribution in [0.1, 0.15) is 95.9 Å². The first kappa shape index (κ1) is 20.0. The predicted molar refractivity (Wildman–Crippen MR) is 94.0 cm³/mol. The van der Waals surface area contributed by atoms with Gasteiger partial charge in [-0.1, -0.05) is 89.5 Å². The van der Waals surface area contributed by atoms with E-state index in [0.29, 0.717) is 33.5 Å². The average Bonchev–Trinajstić information content (AvgIpc) is 2.25. The smallest absolute Gasteiger partial charge is 0.0269 e. The van der Waals surface area contributed by atoms with Crippen molar-refractivity contribution in [1.29, 1.82) is 0 Å². The second-order valence-corrected chi connectivity index (χ2v) is 9.99. The molecule has 0 heterocycles. The molecular formula is C20H42. The van der Waals surface area contributed by atoms with Gasteiger partial charge in [0.2, 0.25) is 0 Å². The van der Waals surface area contributed by atoms with E-state index in [9.17, 15) is 0 Å². The quantitative estimate of drug-likeness (QED) is 0.484. The van der Waals surface area contributed by atoms with Crippen LogP contribution in [0.5, 0.6) is 0 Å². The lowest BCUT2D eigenvalue weighted by molar-refractivity contribution is -0.0768. The molecule has 0 N–H and O–H groups in total. The molecule has 0 aliphatic carbocycles. The molecule has 20 heavy (non-hydrogen) atoms. The SMILES string of the molecule is CCCC(C)(C)C(C)C(C)(C)C(C)(C)C(C)C(C)(C)C. The second-order valence-electron chi connectivity index (χ2n) is 9.99. The maximum Gasteiger partial charge on any atom is -0.0269 e. The van der Waals surface area contributed by atoms with Gasteiger partial charge in [-0.15, -0.1) is 0 Å². The lowest BCUT2D eigenvalue weighted by atomic mass is 9.49. The maximum atomic E-state index is 2.50. The van der Waals surface area contributed by atoms with Crippen molar-refractivity contribution >= 4 is 0 Å². The molecule has 0 spiro atoms. The Morgan fingerprint density at radius 2 is 1.00 bits per heavy atom. The maximum absolute atomic E-state index is 2.50. The Balaban J connectivity index is 5.50. The topological polar surface area (TPSA) is 0 Å². The third kappa shape index (κ3) is 3.80. The van der Waals surface area contributed by atoms with Gasteiger partial charge in [0, 0.05) is 0 Å². The van der Waals surface area contributed by atoms with Gasteiger partial charge in [-0.3, -0.25) is 0 Å². The highest BCUT2D eigenvalue weighted by molar-refractivity contribution is 4.99. The van der Waals surface area contributed by atoms with Crippen LogP contribution in [0.25, 0.3) is 0 Å². The first-order valence-electron chi connectivity index (χ1n) is 8.62. The van der Waals surface area contributed by atoms with Crippen molar-refractivity contribution in [1.82, 2.24) is 0 Å². The Labute approximate surface area is 130 Å². The molecule has 122 valence electrons. The molecule has 0 saturated heterocycles. The summed E-state index contributed by atoms with van der Waals surface area (Å²) in [5, 5.41) is 0. The van der Waals surface area contributed by atoms with E-state index in [1.807, 2.05) is 0 Å². The van der Waals surface area contributed by atoms with Crippen LogP contribution in [-0.4, -0.2) is 0 Å². The van der Waals surface area contributed by atoms with Gasteiger partial charge >= 0.3 is 0 Å². The summed E-state index contributed by atoms with van der Waals surface area (Å²) in [7, 11) is 0.